The number of nitrogens with one attached hydrogen (secondary N) is 1. The number of rotatable bonds is 3. The minimum absolute atomic E-state index is 0.0349. The van der Waals surface area contributed by atoms with Gasteiger partial charge in [-0.05, 0) is 18.2 Å². The van der Waals surface area contributed by atoms with Crippen molar-refractivity contribution in [1.29, 1.82) is 0 Å². The Hall–Kier alpha value is -2.78. The molecular weight excluding hydrogens is 410 g/mol. The smallest absolute Gasteiger partial charge is 0.437 e. The molecule has 2 N–H and O–H groups in total. The van der Waals surface area contributed by atoms with Crippen molar-refractivity contribution < 1.29 is 23.0 Å². The minimum atomic E-state index is -4.99. The van der Waals surface area contributed by atoms with E-state index in [1.54, 1.807) is 0 Å². The van der Waals surface area contributed by atoms with Gasteiger partial charge in [-0.15, -0.1) is 0 Å². The maximum absolute atomic E-state index is 13.4. The van der Waals surface area contributed by atoms with Gasteiger partial charge in [0, 0.05) is 12.1 Å². The van der Waals surface area contributed by atoms with E-state index in [1.165, 1.54) is 30.3 Å². The quantitative estimate of drug-likeness (QED) is 0.647. The van der Waals surface area contributed by atoms with Crippen LogP contribution in [0.1, 0.15) is 5.69 Å². The van der Waals surface area contributed by atoms with Gasteiger partial charge in [-0.25, -0.2) is 9.97 Å². The Balaban J connectivity index is 2.13. The van der Waals surface area contributed by atoms with Gasteiger partial charge in [-0.3, -0.25) is 4.79 Å². The lowest BCUT2D eigenvalue weighted by Crippen LogP contribution is -2.21. The van der Waals surface area contributed by atoms with Crippen LogP contribution in [0.4, 0.5) is 13.2 Å². The molecule has 2 aromatic heterocycles. The Labute approximate surface area is 159 Å². The highest BCUT2D eigenvalue weighted by Gasteiger charge is 2.39. The number of halogens is 5. The SMILES string of the molecule is O=c1[nH]c(-c2cccc(O)n2)nc(C(F)(F)F)c1Oc1ccc(Cl)c(Cl)c1. The molecule has 140 valence electrons. The Morgan fingerprint density at radius 1 is 1.07 bits per heavy atom. The first-order chi connectivity index (χ1) is 12.6. The van der Waals surface area contributed by atoms with Crippen LogP contribution in [0.5, 0.6) is 17.4 Å². The van der Waals surface area contributed by atoms with E-state index in [-0.39, 0.29) is 21.5 Å². The third-order valence-corrected chi connectivity index (χ3v) is 3.97. The van der Waals surface area contributed by atoms with Crippen LogP contribution in [0.2, 0.25) is 10.0 Å². The van der Waals surface area contributed by atoms with Gasteiger partial charge in [0.25, 0.3) is 5.56 Å². The maximum Gasteiger partial charge on any atom is 0.437 e. The van der Waals surface area contributed by atoms with E-state index in [0.29, 0.717) is 0 Å². The standard InChI is InChI=1S/C16H8Cl2F3N3O3/c17-8-5-4-7(6-9(8)18)27-12-13(16(19,20)21)23-14(24-15(12)26)10-2-1-3-11(25)22-10/h1-6H,(H,22,25)(H,23,24,26). The molecule has 27 heavy (non-hydrogen) atoms. The third-order valence-electron chi connectivity index (χ3n) is 3.23. The number of pyridine rings is 1. The number of benzene rings is 1. The zero-order valence-electron chi connectivity index (χ0n) is 13.0. The number of ether oxygens (including phenoxy) is 1. The van der Waals surface area contributed by atoms with Crippen molar-refractivity contribution in [2.75, 3.05) is 0 Å². The van der Waals surface area contributed by atoms with Crippen LogP contribution in [0.25, 0.3) is 11.5 Å². The molecule has 3 rings (SSSR count). The predicted molar refractivity (Wildman–Crippen MR) is 91.3 cm³/mol. The van der Waals surface area contributed by atoms with Crippen LogP contribution in [0.15, 0.2) is 41.2 Å². The summed E-state index contributed by atoms with van der Waals surface area (Å²) in [6, 6.07) is 7.54. The zero-order valence-corrected chi connectivity index (χ0v) is 14.5. The lowest BCUT2D eigenvalue weighted by Gasteiger charge is -2.13. The summed E-state index contributed by atoms with van der Waals surface area (Å²) in [6.45, 7) is 0. The molecule has 2 heterocycles. The molecule has 0 fully saturated rings. The molecule has 11 heteroatoms. The van der Waals surface area contributed by atoms with E-state index in [2.05, 4.69) is 15.0 Å². The number of alkyl halides is 3. The molecule has 0 saturated carbocycles. The van der Waals surface area contributed by atoms with E-state index in [1.807, 2.05) is 0 Å². The van der Waals surface area contributed by atoms with Gasteiger partial charge in [0.05, 0.1) is 10.0 Å². The molecule has 0 aliphatic rings. The summed E-state index contributed by atoms with van der Waals surface area (Å²) in [6.07, 6.45) is -4.99. The Morgan fingerprint density at radius 3 is 2.44 bits per heavy atom. The Kier molecular flexibility index (Phi) is 4.99. The van der Waals surface area contributed by atoms with E-state index in [9.17, 15) is 23.1 Å². The molecule has 0 aliphatic heterocycles. The molecule has 0 atom stereocenters. The Bertz CT molecular complexity index is 1070. The van der Waals surface area contributed by atoms with Gasteiger partial charge >= 0.3 is 6.18 Å². The van der Waals surface area contributed by atoms with Crippen molar-refractivity contribution in [3.63, 3.8) is 0 Å². The van der Waals surface area contributed by atoms with Crippen LogP contribution < -0.4 is 10.3 Å². The van der Waals surface area contributed by atoms with Crippen LogP contribution in [0, 0.1) is 0 Å². The molecule has 0 amide bonds. The van der Waals surface area contributed by atoms with E-state index in [0.717, 1.165) is 6.07 Å². The van der Waals surface area contributed by atoms with E-state index < -0.39 is 34.9 Å². The fourth-order valence-electron chi connectivity index (χ4n) is 2.08. The van der Waals surface area contributed by atoms with Gasteiger partial charge in [0.1, 0.15) is 11.4 Å². The number of aromatic nitrogens is 3. The summed E-state index contributed by atoms with van der Waals surface area (Å²) >= 11 is 11.5. The summed E-state index contributed by atoms with van der Waals surface area (Å²) in [5.41, 5.74) is -2.90. The number of nitrogens with zero attached hydrogens (tertiary/aromatic N) is 2. The summed E-state index contributed by atoms with van der Waals surface area (Å²) < 4.78 is 45.4. The van der Waals surface area contributed by atoms with Gasteiger partial charge in [-0.2, -0.15) is 13.2 Å². The van der Waals surface area contributed by atoms with Crippen molar-refractivity contribution >= 4 is 23.2 Å². The van der Waals surface area contributed by atoms with Crippen molar-refractivity contribution in [3.05, 3.63) is 62.5 Å². The molecule has 3 aromatic rings. The fraction of sp³-hybridized carbons (Fsp3) is 0.0625. The third kappa shape index (κ3) is 4.15. The summed E-state index contributed by atoms with van der Waals surface area (Å²) in [7, 11) is 0. The first kappa shape index (κ1) is 19.0. The highest BCUT2D eigenvalue weighted by Crippen LogP contribution is 2.36. The highest BCUT2D eigenvalue weighted by molar-refractivity contribution is 6.42. The molecule has 0 aliphatic carbocycles. The van der Waals surface area contributed by atoms with Crippen LogP contribution >= 0.6 is 23.2 Å². The van der Waals surface area contributed by atoms with Crippen LogP contribution in [-0.4, -0.2) is 20.1 Å². The van der Waals surface area contributed by atoms with Gasteiger partial charge in [0.15, 0.2) is 11.5 Å². The molecular formula is C16H8Cl2F3N3O3. The average Bonchev–Trinajstić information content (AvgIpc) is 2.58. The molecule has 0 spiro atoms. The van der Waals surface area contributed by atoms with Crippen LogP contribution in [0.3, 0.4) is 0 Å². The highest BCUT2D eigenvalue weighted by atomic mass is 35.5. The lowest BCUT2D eigenvalue weighted by atomic mass is 10.3. The molecule has 1 aromatic carbocycles. The first-order valence-electron chi connectivity index (χ1n) is 7.16. The number of aromatic amines is 1. The lowest BCUT2D eigenvalue weighted by molar-refractivity contribution is -0.142. The predicted octanol–water partition coefficient (Wildman–Crippen LogP) is 4.66. The van der Waals surface area contributed by atoms with Crippen molar-refractivity contribution in [3.8, 4) is 28.9 Å². The maximum atomic E-state index is 13.4. The molecule has 0 bridgehead atoms. The van der Waals surface area contributed by atoms with E-state index >= 15 is 0 Å². The second kappa shape index (κ2) is 7.09. The van der Waals surface area contributed by atoms with Crippen molar-refractivity contribution in [2.45, 2.75) is 6.18 Å². The normalized spacial score (nSPS) is 11.4. The number of H-pyrrole nitrogens is 1. The summed E-state index contributed by atoms with van der Waals surface area (Å²) in [5, 5.41) is 9.57. The Morgan fingerprint density at radius 2 is 1.81 bits per heavy atom. The average molecular weight is 418 g/mol. The van der Waals surface area contributed by atoms with E-state index in [4.69, 9.17) is 27.9 Å². The summed E-state index contributed by atoms with van der Waals surface area (Å²) in [5.74, 6) is -2.13. The number of aromatic hydroxyl groups is 1. The van der Waals surface area contributed by atoms with Crippen LogP contribution in [-0.2, 0) is 6.18 Å². The molecule has 0 radical (unpaired) electrons. The molecule has 0 saturated heterocycles. The first-order valence-corrected chi connectivity index (χ1v) is 7.91. The minimum Gasteiger partial charge on any atom is -0.493 e. The fourth-order valence-corrected chi connectivity index (χ4v) is 2.37. The number of hydrogen-bond acceptors (Lipinski definition) is 5. The largest absolute Gasteiger partial charge is 0.493 e. The van der Waals surface area contributed by atoms with Crippen molar-refractivity contribution in [1.82, 2.24) is 15.0 Å². The number of hydrogen-bond donors (Lipinski definition) is 2. The second-order valence-corrected chi connectivity index (χ2v) is 5.96. The zero-order chi connectivity index (χ0) is 19.8. The second-order valence-electron chi connectivity index (χ2n) is 5.15. The van der Waals surface area contributed by atoms with Gasteiger partial charge in [0.2, 0.25) is 11.6 Å². The topological polar surface area (TPSA) is 88.1 Å². The molecule has 0 unspecified atom stereocenters. The van der Waals surface area contributed by atoms with Gasteiger partial charge in [-0.1, -0.05) is 29.3 Å². The van der Waals surface area contributed by atoms with Crippen molar-refractivity contribution in [2.24, 2.45) is 0 Å². The monoisotopic (exact) mass is 417 g/mol. The van der Waals surface area contributed by atoms with Gasteiger partial charge < -0.3 is 14.8 Å². The summed E-state index contributed by atoms with van der Waals surface area (Å²) in [4.78, 5) is 21.4. The molecule has 6 nitrogen and oxygen atoms in total.